The van der Waals surface area contributed by atoms with Gasteiger partial charge in [0, 0.05) is 5.69 Å². The van der Waals surface area contributed by atoms with Crippen LogP contribution in [0.15, 0.2) is 72.8 Å². The van der Waals surface area contributed by atoms with Crippen molar-refractivity contribution in [2.45, 2.75) is 19.9 Å². The molecular formula is C28H24N2O7. The van der Waals surface area contributed by atoms with E-state index in [-0.39, 0.29) is 23.3 Å². The Balaban J connectivity index is 1.37. The lowest BCUT2D eigenvalue weighted by Crippen LogP contribution is -2.32. The highest BCUT2D eigenvalue weighted by molar-refractivity contribution is 6.22. The maximum absolute atomic E-state index is 13.0. The Kier molecular flexibility index (Phi) is 7.43. The predicted molar refractivity (Wildman–Crippen MR) is 133 cm³/mol. The van der Waals surface area contributed by atoms with E-state index < -0.39 is 42.3 Å². The summed E-state index contributed by atoms with van der Waals surface area (Å²) in [6.07, 6.45) is 0. The number of carbonyl (C=O) groups excluding carboxylic acids is 5. The maximum atomic E-state index is 13.0. The van der Waals surface area contributed by atoms with Crippen LogP contribution in [0.2, 0.25) is 0 Å². The van der Waals surface area contributed by atoms with Crippen LogP contribution in [0.1, 0.15) is 66.9 Å². The molecule has 0 aliphatic carbocycles. The largest absolute Gasteiger partial charge is 0.462 e. The fourth-order valence-corrected chi connectivity index (χ4v) is 3.93. The highest BCUT2D eigenvalue weighted by atomic mass is 16.5. The van der Waals surface area contributed by atoms with Gasteiger partial charge in [-0.1, -0.05) is 30.3 Å². The molecule has 37 heavy (non-hydrogen) atoms. The summed E-state index contributed by atoms with van der Waals surface area (Å²) in [4.78, 5) is 63.6. The van der Waals surface area contributed by atoms with E-state index in [1.165, 1.54) is 42.5 Å². The molecule has 4 rings (SSSR count). The van der Waals surface area contributed by atoms with Crippen LogP contribution in [0.5, 0.6) is 0 Å². The number of anilines is 1. The molecule has 0 saturated heterocycles. The van der Waals surface area contributed by atoms with E-state index in [4.69, 9.17) is 9.47 Å². The van der Waals surface area contributed by atoms with Gasteiger partial charge in [0.15, 0.2) is 6.61 Å². The van der Waals surface area contributed by atoms with Gasteiger partial charge in [0.1, 0.15) is 0 Å². The summed E-state index contributed by atoms with van der Waals surface area (Å²) in [5.74, 6) is -2.82. The highest BCUT2D eigenvalue weighted by Gasteiger charge is 2.39. The molecule has 0 saturated carbocycles. The van der Waals surface area contributed by atoms with Gasteiger partial charge in [0.05, 0.1) is 34.9 Å². The molecule has 3 amide bonds. The molecule has 0 bridgehead atoms. The van der Waals surface area contributed by atoms with Crippen LogP contribution >= 0.6 is 0 Å². The first-order chi connectivity index (χ1) is 17.8. The first kappa shape index (κ1) is 25.3. The maximum Gasteiger partial charge on any atom is 0.338 e. The summed E-state index contributed by atoms with van der Waals surface area (Å²) in [5.41, 5.74) is 1.90. The van der Waals surface area contributed by atoms with Gasteiger partial charge in [-0.3, -0.25) is 19.3 Å². The van der Waals surface area contributed by atoms with E-state index in [0.29, 0.717) is 11.3 Å². The van der Waals surface area contributed by atoms with Crippen molar-refractivity contribution >= 4 is 35.3 Å². The van der Waals surface area contributed by atoms with Gasteiger partial charge in [-0.25, -0.2) is 9.59 Å². The number of rotatable bonds is 8. The van der Waals surface area contributed by atoms with Crippen LogP contribution in [0.3, 0.4) is 0 Å². The average molecular weight is 501 g/mol. The van der Waals surface area contributed by atoms with Crippen LogP contribution in [0.25, 0.3) is 0 Å². The molecule has 3 aromatic rings. The first-order valence-corrected chi connectivity index (χ1v) is 11.6. The monoisotopic (exact) mass is 500 g/mol. The Bertz CT molecular complexity index is 1370. The minimum atomic E-state index is -0.814. The molecule has 9 heteroatoms. The zero-order valence-electron chi connectivity index (χ0n) is 20.2. The number of fused-ring (bicyclic) bond motifs is 1. The quantitative estimate of drug-likeness (QED) is 0.367. The standard InChI is InChI=1S/C28H24N2O7/c1-3-36-27(34)19-9-12-21(13-10-19)29-24(31)16-37-28(35)20-11-14-22-23(15-20)26(33)30(25(22)32)17(2)18-7-5-4-6-8-18/h4-15,17H,3,16H2,1-2H3,(H,29,31)/t17-/m0/s1. The van der Waals surface area contributed by atoms with Crippen molar-refractivity contribution < 1.29 is 33.4 Å². The molecular weight excluding hydrogens is 476 g/mol. The lowest BCUT2D eigenvalue weighted by molar-refractivity contribution is -0.119. The number of esters is 2. The molecule has 188 valence electrons. The molecule has 1 aliphatic rings. The van der Waals surface area contributed by atoms with Crippen molar-refractivity contribution in [1.29, 1.82) is 0 Å². The fourth-order valence-electron chi connectivity index (χ4n) is 3.93. The summed E-state index contributed by atoms with van der Waals surface area (Å²) >= 11 is 0. The molecule has 1 heterocycles. The summed E-state index contributed by atoms with van der Waals surface area (Å²) in [6, 6.07) is 18.8. The zero-order chi connectivity index (χ0) is 26.5. The number of amides is 3. The summed E-state index contributed by atoms with van der Waals surface area (Å²) in [7, 11) is 0. The second-order valence-electron chi connectivity index (χ2n) is 8.25. The molecule has 0 radical (unpaired) electrons. The normalized spacial score (nSPS) is 13.1. The Hall–Kier alpha value is -4.79. The number of ether oxygens (including phenoxy) is 2. The number of nitrogens with one attached hydrogen (secondary N) is 1. The van der Waals surface area contributed by atoms with E-state index in [2.05, 4.69) is 5.32 Å². The second kappa shape index (κ2) is 10.9. The number of hydrogen-bond donors (Lipinski definition) is 1. The SMILES string of the molecule is CCOC(=O)c1ccc(NC(=O)COC(=O)c2ccc3c(c2)C(=O)N([C@@H](C)c2ccccc2)C3=O)cc1. The van der Waals surface area contributed by atoms with Crippen molar-refractivity contribution in [2.24, 2.45) is 0 Å². The van der Waals surface area contributed by atoms with E-state index in [9.17, 15) is 24.0 Å². The van der Waals surface area contributed by atoms with Gasteiger partial charge in [0.2, 0.25) is 0 Å². The third-order valence-corrected chi connectivity index (χ3v) is 5.84. The van der Waals surface area contributed by atoms with Crippen LogP contribution < -0.4 is 5.32 Å². The van der Waals surface area contributed by atoms with E-state index in [1.54, 1.807) is 13.8 Å². The Morgan fingerprint density at radius 1 is 0.811 bits per heavy atom. The van der Waals surface area contributed by atoms with Gasteiger partial charge in [-0.15, -0.1) is 0 Å². The molecule has 9 nitrogen and oxygen atoms in total. The van der Waals surface area contributed by atoms with E-state index >= 15 is 0 Å². The third kappa shape index (κ3) is 5.40. The predicted octanol–water partition coefficient (Wildman–Crippen LogP) is 4.02. The fraction of sp³-hybridized carbons (Fsp3) is 0.179. The Morgan fingerprint density at radius 2 is 1.43 bits per heavy atom. The minimum absolute atomic E-state index is 0.0423. The number of imide groups is 1. The smallest absolute Gasteiger partial charge is 0.338 e. The van der Waals surface area contributed by atoms with Crippen molar-refractivity contribution in [3.63, 3.8) is 0 Å². The van der Waals surface area contributed by atoms with Gasteiger partial charge in [0.25, 0.3) is 17.7 Å². The average Bonchev–Trinajstić information content (AvgIpc) is 3.16. The van der Waals surface area contributed by atoms with Crippen LogP contribution in [-0.4, -0.2) is 47.8 Å². The Labute approximate surface area is 213 Å². The molecule has 0 unspecified atom stereocenters. The lowest BCUT2D eigenvalue weighted by atomic mass is 10.1. The molecule has 1 aliphatic heterocycles. The number of benzene rings is 3. The van der Waals surface area contributed by atoms with E-state index in [1.807, 2.05) is 30.3 Å². The van der Waals surface area contributed by atoms with E-state index in [0.717, 1.165) is 10.5 Å². The van der Waals surface area contributed by atoms with Crippen molar-refractivity contribution in [2.75, 3.05) is 18.5 Å². The van der Waals surface area contributed by atoms with Crippen molar-refractivity contribution in [1.82, 2.24) is 4.90 Å². The van der Waals surface area contributed by atoms with Crippen LogP contribution in [-0.2, 0) is 14.3 Å². The summed E-state index contributed by atoms with van der Waals surface area (Å²) in [5, 5.41) is 2.56. The zero-order valence-corrected chi connectivity index (χ0v) is 20.2. The van der Waals surface area contributed by atoms with Crippen molar-refractivity contribution in [3.8, 4) is 0 Å². The second-order valence-corrected chi connectivity index (χ2v) is 8.25. The molecule has 0 spiro atoms. The van der Waals surface area contributed by atoms with Gasteiger partial charge >= 0.3 is 11.9 Å². The number of nitrogens with zero attached hydrogens (tertiary/aromatic N) is 1. The molecule has 3 aromatic carbocycles. The summed E-state index contributed by atoms with van der Waals surface area (Å²) in [6.45, 7) is 3.15. The minimum Gasteiger partial charge on any atom is -0.462 e. The molecule has 1 atom stereocenters. The molecule has 1 N–H and O–H groups in total. The highest BCUT2D eigenvalue weighted by Crippen LogP contribution is 2.31. The lowest BCUT2D eigenvalue weighted by Gasteiger charge is -2.22. The van der Waals surface area contributed by atoms with Gasteiger partial charge < -0.3 is 14.8 Å². The summed E-state index contributed by atoms with van der Waals surface area (Å²) < 4.78 is 9.99. The number of carbonyl (C=O) groups is 5. The topological polar surface area (TPSA) is 119 Å². The van der Waals surface area contributed by atoms with Crippen LogP contribution in [0, 0.1) is 0 Å². The van der Waals surface area contributed by atoms with Crippen LogP contribution in [0.4, 0.5) is 5.69 Å². The third-order valence-electron chi connectivity index (χ3n) is 5.84. The number of hydrogen-bond acceptors (Lipinski definition) is 7. The first-order valence-electron chi connectivity index (χ1n) is 11.6. The molecule has 0 fully saturated rings. The van der Waals surface area contributed by atoms with Gasteiger partial charge in [-0.2, -0.15) is 0 Å². The Morgan fingerprint density at radius 3 is 2.11 bits per heavy atom. The van der Waals surface area contributed by atoms with Gasteiger partial charge in [-0.05, 0) is 61.9 Å². The molecule has 0 aromatic heterocycles. The van der Waals surface area contributed by atoms with Crippen molar-refractivity contribution in [3.05, 3.63) is 101 Å².